The Morgan fingerprint density at radius 3 is 1.71 bits per heavy atom. The Labute approximate surface area is 124 Å². The Bertz CT molecular complexity index is 390. The van der Waals surface area contributed by atoms with Crippen molar-refractivity contribution in [1.29, 1.82) is 0 Å². The van der Waals surface area contributed by atoms with Gasteiger partial charge in [0.1, 0.15) is 5.60 Å². The van der Waals surface area contributed by atoms with Crippen molar-refractivity contribution in [3.8, 4) is 0 Å². The number of rotatable bonds is 2. The quantitative estimate of drug-likeness (QED) is 0.563. The minimum atomic E-state index is -0.643. The van der Waals surface area contributed by atoms with E-state index >= 15 is 0 Å². The molecular formula is C14H23NO6. The third-order valence-corrected chi connectivity index (χ3v) is 3.17. The summed E-state index contributed by atoms with van der Waals surface area (Å²) in [5.41, 5.74) is -0.643. The Kier molecular flexibility index (Phi) is 5.57. The Morgan fingerprint density at radius 1 is 0.952 bits per heavy atom. The van der Waals surface area contributed by atoms with Gasteiger partial charge in [0.25, 0.3) is 0 Å². The van der Waals surface area contributed by atoms with E-state index in [2.05, 4.69) is 0 Å². The molecule has 1 rings (SSSR count). The molecule has 7 nitrogen and oxygen atoms in total. The summed E-state index contributed by atoms with van der Waals surface area (Å²) in [6.45, 7) is 5.61. The van der Waals surface area contributed by atoms with Gasteiger partial charge in [0.05, 0.1) is 26.1 Å². The van der Waals surface area contributed by atoms with Gasteiger partial charge in [-0.1, -0.05) is 0 Å². The maximum Gasteiger partial charge on any atom is 0.410 e. The third kappa shape index (κ3) is 4.91. The number of ether oxygens (including phenoxy) is 3. The molecule has 120 valence electrons. The molecule has 0 N–H and O–H groups in total. The van der Waals surface area contributed by atoms with Crippen LogP contribution in [0.25, 0.3) is 0 Å². The Hall–Kier alpha value is -1.79. The van der Waals surface area contributed by atoms with Gasteiger partial charge in [0.15, 0.2) is 0 Å². The molecule has 0 bridgehead atoms. The lowest BCUT2D eigenvalue weighted by molar-refractivity contribution is -0.153. The van der Waals surface area contributed by atoms with Crippen LogP contribution in [-0.2, 0) is 23.8 Å². The molecule has 0 aromatic rings. The van der Waals surface area contributed by atoms with Crippen LogP contribution >= 0.6 is 0 Å². The highest BCUT2D eigenvalue weighted by Gasteiger charge is 2.39. The number of hydrogen-bond acceptors (Lipinski definition) is 6. The van der Waals surface area contributed by atoms with Gasteiger partial charge in [-0.2, -0.15) is 0 Å². The number of methoxy groups -OCH3 is 2. The maximum absolute atomic E-state index is 12.1. The summed E-state index contributed by atoms with van der Waals surface area (Å²) >= 11 is 0. The van der Waals surface area contributed by atoms with Crippen molar-refractivity contribution in [1.82, 2.24) is 4.90 Å². The first-order valence-electron chi connectivity index (χ1n) is 6.81. The standard InChI is InChI=1S/C14H23NO6/c1-14(2,3)21-13(18)15-7-9(11(16)19-4)6-10(8-15)12(17)20-5/h9-10H,6-8H2,1-5H3/t9-,10?/m1/s1. The molecule has 0 aliphatic carbocycles. The van der Waals surface area contributed by atoms with Gasteiger partial charge in [0.2, 0.25) is 0 Å². The Balaban J connectivity index is 2.85. The second-order valence-corrected chi connectivity index (χ2v) is 6.06. The van der Waals surface area contributed by atoms with Gasteiger partial charge in [-0.15, -0.1) is 0 Å². The lowest BCUT2D eigenvalue weighted by Gasteiger charge is -2.36. The zero-order valence-electron chi connectivity index (χ0n) is 13.2. The smallest absolute Gasteiger partial charge is 0.410 e. The minimum absolute atomic E-state index is 0.176. The fraction of sp³-hybridized carbons (Fsp3) is 0.786. The fourth-order valence-electron chi connectivity index (χ4n) is 2.25. The average Bonchev–Trinajstić information content (AvgIpc) is 2.43. The van der Waals surface area contributed by atoms with Crippen molar-refractivity contribution < 1.29 is 28.6 Å². The first-order chi connectivity index (χ1) is 9.67. The van der Waals surface area contributed by atoms with Crippen LogP contribution in [0, 0.1) is 11.8 Å². The van der Waals surface area contributed by atoms with Gasteiger partial charge in [-0.3, -0.25) is 9.59 Å². The summed E-state index contributed by atoms with van der Waals surface area (Å²) in [5, 5.41) is 0. The van der Waals surface area contributed by atoms with E-state index in [1.807, 2.05) is 0 Å². The predicted octanol–water partition coefficient (Wildman–Crippen LogP) is 1.21. The van der Waals surface area contributed by atoms with Crippen molar-refractivity contribution in [2.75, 3.05) is 27.3 Å². The SMILES string of the molecule is COC(=O)C1C[C@@H](C(=O)OC)CN(C(=O)OC(C)(C)C)C1. The molecular weight excluding hydrogens is 278 g/mol. The topological polar surface area (TPSA) is 82.1 Å². The maximum atomic E-state index is 12.1. The number of likely N-dealkylation sites (tertiary alicyclic amines) is 1. The summed E-state index contributed by atoms with van der Waals surface area (Å²) in [7, 11) is 2.56. The molecule has 21 heavy (non-hydrogen) atoms. The molecule has 1 unspecified atom stereocenters. The zero-order chi connectivity index (χ0) is 16.2. The molecule has 1 saturated heterocycles. The molecule has 0 saturated carbocycles. The first-order valence-corrected chi connectivity index (χ1v) is 6.81. The number of piperidine rings is 1. The zero-order valence-corrected chi connectivity index (χ0v) is 13.2. The normalized spacial score (nSPS) is 22.4. The largest absolute Gasteiger partial charge is 0.469 e. The minimum Gasteiger partial charge on any atom is -0.469 e. The lowest BCUT2D eigenvalue weighted by atomic mass is 9.89. The summed E-state index contributed by atoms with van der Waals surface area (Å²) in [5.74, 6) is -2.00. The highest BCUT2D eigenvalue weighted by molar-refractivity contribution is 5.79. The number of carbonyl (C=O) groups excluding carboxylic acids is 3. The van der Waals surface area contributed by atoms with E-state index in [0.717, 1.165) is 0 Å². The van der Waals surface area contributed by atoms with Crippen molar-refractivity contribution in [3.05, 3.63) is 0 Å². The lowest BCUT2D eigenvalue weighted by Crippen LogP contribution is -2.50. The predicted molar refractivity (Wildman–Crippen MR) is 73.4 cm³/mol. The molecule has 2 atom stereocenters. The third-order valence-electron chi connectivity index (χ3n) is 3.17. The molecule has 0 aromatic carbocycles. The van der Waals surface area contributed by atoms with E-state index in [9.17, 15) is 14.4 Å². The summed E-state index contributed by atoms with van der Waals surface area (Å²) in [4.78, 5) is 36.9. The van der Waals surface area contributed by atoms with Crippen LogP contribution in [0.4, 0.5) is 4.79 Å². The van der Waals surface area contributed by atoms with E-state index in [1.54, 1.807) is 20.8 Å². The highest BCUT2D eigenvalue weighted by Crippen LogP contribution is 2.25. The van der Waals surface area contributed by atoms with Crippen LogP contribution < -0.4 is 0 Å². The molecule has 0 aromatic heterocycles. The van der Waals surface area contributed by atoms with Crippen LogP contribution in [0.3, 0.4) is 0 Å². The molecule has 1 aliphatic rings. The average molecular weight is 301 g/mol. The Morgan fingerprint density at radius 2 is 1.38 bits per heavy atom. The highest BCUT2D eigenvalue weighted by atomic mass is 16.6. The fourth-order valence-corrected chi connectivity index (χ4v) is 2.25. The van der Waals surface area contributed by atoms with Gasteiger partial charge < -0.3 is 19.1 Å². The molecule has 1 heterocycles. The van der Waals surface area contributed by atoms with Gasteiger partial charge in [-0.05, 0) is 27.2 Å². The van der Waals surface area contributed by atoms with Gasteiger partial charge >= 0.3 is 18.0 Å². The molecule has 0 radical (unpaired) electrons. The molecule has 1 fully saturated rings. The van der Waals surface area contributed by atoms with E-state index < -0.39 is 35.5 Å². The molecule has 7 heteroatoms. The summed E-state index contributed by atoms with van der Waals surface area (Å²) in [6, 6.07) is 0. The number of amides is 1. The summed E-state index contributed by atoms with van der Waals surface area (Å²) in [6.07, 6.45) is -0.247. The molecule has 1 aliphatic heterocycles. The van der Waals surface area contributed by atoms with Crippen LogP contribution in [0.2, 0.25) is 0 Å². The van der Waals surface area contributed by atoms with E-state index in [4.69, 9.17) is 14.2 Å². The van der Waals surface area contributed by atoms with Gasteiger partial charge in [-0.25, -0.2) is 4.79 Å². The number of hydrogen-bond donors (Lipinski definition) is 0. The van der Waals surface area contributed by atoms with Gasteiger partial charge in [0, 0.05) is 13.1 Å². The second kappa shape index (κ2) is 6.78. The number of esters is 2. The van der Waals surface area contributed by atoms with Crippen molar-refractivity contribution in [2.24, 2.45) is 11.8 Å². The van der Waals surface area contributed by atoms with E-state index in [1.165, 1.54) is 19.1 Å². The monoisotopic (exact) mass is 301 g/mol. The van der Waals surface area contributed by atoms with Crippen molar-refractivity contribution in [2.45, 2.75) is 32.8 Å². The van der Waals surface area contributed by atoms with Crippen LogP contribution in [0.5, 0.6) is 0 Å². The van der Waals surface area contributed by atoms with Crippen LogP contribution in [0.15, 0.2) is 0 Å². The first kappa shape index (κ1) is 17.3. The molecule has 1 amide bonds. The summed E-state index contributed by atoms with van der Waals surface area (Å²) < 4.78 is 14.7. The van der Waals surface area contributed by atoms with Crippen LogP contribution in [0.1, 0.15) is 27.2 Å². The van der Waals surface area contributed by atoms with Crippen LogP contribution in [-0.4, -0.2) is 55.8 Å². The second-order valence-electron chi connectivity index (χ2n) is 6.06. The molecule has 0 spiro atoms. The van der Waals surface area contributed by atoms with E-state index in [-0.39, 0.29) is 13.1 Å². The van der Waals surface area contributed by atoms with E-state index in [0.29, 0.717) is 6.42 Å². The van der Waals surface area contributed by atoms with Crippen molar-refractivity contribution >= 4 is 18.0 Å². The number of nitrogens with zero attached hydrogens (tertiary/aromatic N) is 1. The van der Waals surface area contributed by atoms with Crippen molar-refractivity contribution in [3.63, 3.8) is 0 Å². The number of carbonyl (C=O) groups is 3.